The highest BCUT2D eigenvalue weighted by Crippen LogP contribution is 2.25. The monoisotopic (exact) mass is 455 g/mol. The molecule has 1 atom stereocenters. The Labute approximate surface area is 191 Å². The molecule has 6 nitrogen and oxygen atoms in total. The van der Waals surface area contributed by atoms with Crippen molar-refractivity contribution in [2.24, 2.45) is 0 Å². The van der Waals surface area contributed by atoms with Gasteiger partial charge in [-0.15, -0.1) is 0 Å². The molecule has 2 aromatic rings. The molecule has 0 aromatic heterocycles. The number of nitrogens with zero attached hydrogens (tertiary/aromatic N) is 2. The van der Waals surface area contributed by atoms with E-state index in [1.807, 2.05) is 24.3 Å². The average molecular weight is 456 g/mol. The molecule has 0 bridgehead atoms. The Morgan fingerprint density at radius 2 is 1.62 bits per heavy atom. The summed E-state index contributed by atoms with van der Waals surface area (Å²) in [7, 11) is -3.69. The smallest absolute Gasteiger partial charge is 0.257 e. The zero-order chi connectivity index (χ0) is 22.6. The second-order valence-corrected chi connectivity index (χ2v) is 10.8. The average Bonchev–Trinajstić information content (AvgIpc) is 2.82. The third-order valence-corrected chi connectivity index (χ3v) is 8.56. The zero-order valence-electron chi connectivity index (χ0n) is 18.8. The lowest BCUT2D eigenvalue weighted by molar-refractivity contribution is 0.102. The van der Waals surface area contributed by atoms with Gasteiger partial charge in [0.25, 0.3) is 5.91 Å². The van der Waals surface area contributed by atoms with Gasteiger partial charge in [0.1, 0.15) is 0 Å². The summed E-state index contributed by atoms with van der Waals surface area (Å²) in [6.45, 7) is 5.34. The number of sulfonamides is 1. The van der Waals surface area contributed by atoms with Crippen molar-refractivity contribution < 1.29 is 13.2 Å². The molecule has 1 unspecified atom stereocenters. The molecule has 2 aliphatic heterocycles. The lowest BCUT2D eigenvalue weighted by Gasteiger charge is -2.33. The van der Waals surface area contributed by atoms with Gasteiger partial charge in [-0.3, -0.25) is 9.69 Å². The Morgan fingerprint density at radius 1 is 0.938 bits per heavy atom. The Hall–Kier alpha value is -2.22. The van der Waals surface area contributed by atoms with Gasteiger partial charge in [-0.05, 0) is 69.0 Å². The first-order chi connectivity index (χ1) is 15.4. The first-order valence-electron chi connectivity index (χ1n) is 11.7. The van der Waals surface area contributed by atoms with Crippen LogP contribution in [0.5, 0.6) is 0 Å². The highest BCUT2D eigenvalue weighted by molar-refractivity contribution is 7.89. The molecule has 0 saturated carbocycles. The van der Waals surface area contributed by atoms with Gasteiger partial charge in [0.15, 0.2) is 0 Å². The van der Waals surface area contributed by atoms with Crippen molar-refractivity contribution in [3.8, 4) is 0 Å². The predicted octanol–water partition coefficient (Wildman–Crippen LogP) is 4.49. The van der Waals surface area contributed by atoms with E-state index in [9.17, 15) is 13.2 Å². The number of hydrogen-bond donors (Lipinski definition) is 1. The summed E-state index contributed by atoms with van der Waals surface area (Å²) in [4.78, 5) is 15.6. The van der Waals surface area contributed by atoms with Crippen LogP contribution in [-0.4, -0.2) is 49.2 Å². The summed E-state index contributed by atoms with van der Waals surface area (Å²) in [5.74, 6) is -0.404. The van der Waals surface area contributed by atoms with Gasteiger partial charge in [-0.25, -0.2) is 8.42 Å². The summed E-state index contributed by atoms with van der Waals surface area (Å²) < 4.78 is 27.8. The number of hydrogen-bond acceptors (Lipinski definition) is 4. The third kappa shape index (κ3) is 5.22. The lowest BCUT2D eigenvalue weighted by Crippen LogP contribution is -2.36. The first-order valence-corrected chi connectivity index (χ1v) is 13.1. The Balaban J connectivity index is 1.46. The third-order valence-electron chi connectivity index (χ3n) is 6.60. The van der Waals surface area contributed by atoms with E-state index in [0.29, 0.717) is 24.8 Å². The van der Waals surface area contributed by atoms with Gasteiger partial charge in [0.05, 0.1) is 10.5 Å². The van der Waals surface area contributed by atoms with Crippen LogP contribution in [0.15, 0.2) is 53.4 Å². The number of piperidine rings is 2. The molecule has 4 rings (SSSR count). The molecular weight excluding hydrogens is 422 g/mol. The fraction of sp³-hybridized carbons (Fsp3) is 0.480. The fourth-order valence-corrected chi connectivity index (χ4v) is 6.35. The van der Waals surface area contributed by atoms with Crippen molar-refractivity contribution in [1.82, 2.24) is 9.21 Å². The number of carbonyl (C=O) groups excluding carboxylic acids is 1. The molecule has 0 radical (unpaired) electrons. The number of nitrogens with one attached hydrogen (secondary N) is 1. The van der Waals surface area contributed by atoms with Gasteiger partial charge in [0, 0.05) is 31.4 Å². The Kier molecular flexibility index (Phi) is 7.28. The molecule has 1 amide bonds. The van der Waals surface area contributed by atoms with E-state index in [1.165, 1.54) is 35.2 Å². The summed E-state index contributed by atoms with van der Waals surface area (Å²) >= 11 is 0. The molecule has 2 aromatic carbocycles. The summed E-state index contributed by atoms with van der Waals surface area (Å²) in [5, 5.41) is 2.88. The number of carbonyl (C=O) groups is 1. The van der Waals surface area contributed by atoms with Crippen LogP contribution in [0.2, 0.25) is 0 Å². The molecule has 32 heavy (non-hydrogen) atoms. The summed E-state index contributed by atoms with van der Waals surface area (Å²) in [6, 6.07) is 14.9. The first kappa shape index (κ1) is 23.0. The van der Waals surface area contributed by atoms with E-state index < -0.39 is 15.9 Å². The van der Waals surface area contributed by atoms with Gasteiger partial charge in [-0.1, -0.05) is 37.1 Å². The van der Waals surface area contributed by atoms with Gasteiger partial charge >= 0.3 is 0 Å². The fourth-order valence-electron chi connectivity index (χ4n) is 4.64. The van der Waals surface area contributed by atoms with E-state index >= 15 is 0 Å². The maximum Gasteiger partial charge on any atom is 0.257 e. The second kappa shape index (κ2) is 10.1. The maximum absolute atomic E-state index is 13.2. The SMILES string of the molecule is CC1CCCCN1Cc1ccc(NC(=O)c2ccccc2S(=O)(=O)N2CCCCC2)cc1. The molecule has 2 saturated heterocycles. The summed E-state index contributed by atoms with van der Waals surface area (Å²) in [5.41, 5.74) is 2.06. The summed E-state index contributed by atoms with van der Waals surface area (Å²) in [6.07, 6.45) is 6.55. The molecule has 1 N–H and O–H groups in total. The standard InChI is InChI=1S/C25H33N3O3S/c1-20-9-5-8-16-27(20)19-21-12-14-22(15-13-21)26-25(29)23-10-3-4-11-24(23)32(30,31)28-17-6-2-7-18-28/h3-4,10-15,20H,2,5-9,16-19H2,1H3,(H,26,29). The van der Waals surface area contributed by atoms with Crippen molar-refractivity contribution in [1.29, 1.82) is 0 Å². The van der Waals surface area contributed by atoms with Crippen molar-refractivity contribution in [2.75, 3.05) is 25.0 Å². The van der Waals surface area contributed by atoms with E-state index in [4.69, 9.17) is 0 Å². The minimum atomic E-state index is -3.69. The van der Waals surface area contributed by atoms with E-state index in [-0.39, 0.29) is 10.5 Å². The number of amides is 1. The van der Waals surface area contributed by atoms with Crippen LogP contribution in [0, 0.1) is 0 Å². The van der Waals surface area contributed by atoms with Gasteiger partial charge in [-0.2, -0.15) is 4.31 Å². The molecule has 0 spiro atoms. The normalized spacial score (nSPS) is 20.7. The quantitative estimate of drug-likeness (QED) is 0.697. The van der Waals surface area contributed by atoms with Crippen LogP contribution < -0.4 is 5.32 Å². The largest absolute Gasteiger partial charge is 0.322 e. The van der Waals surface area contributed by atoms with Crippen molar-refractivity contribution >= 4 is 21.6 Å². The van der Waals surface area contributed by atoms with Crippen molar-refractivity contribution in [3.63, 3.8) is 0 Å². The van der Waals surface area contributed by atoms with E-state index in [0.717, 1.165) is 32.4 Å². The van der Waals surface area contributed by atoms with E-state index in [2.05, 4.69) is 17.1 Å². The van der Waals surface area contributed by atoms with Crippen LogP contribution in [0.4, 0.5) is 5.69 Å². The predicted molar refractivity (Wildman–Crippen MR) is 127 cm³/mol. The van der Waals surface area contributed by atoms with Crippen LogP contribution in [0.3, 0.4) is 0 Å². The zero-order valence-corrected chi connectivity index (χ0v) is 19.6. The number of benzene rings is 2. The minimum Gasteiger partial charge on any atom is -0.322 e. The Morgan fingerprint density at radius 3 is 2.34 bits per heavy atom. The molecule has 172 valence electrons. The van der Waals surface area contributed by atoms with Crippen LogP contribution in [0.1, 0.15) is 61.4 Å². The highest BCUT2D eigenvalue weighted by atomic mass is 32.2. The van der Waals surface area contributed by atoms with Crippen LogP contribution in [0.25, 0.3) is 0 Å². The van der Waals surface area contributed by atoms with Crippen molar-refractivity contribution in [2.45, 2.75) is 62.9 Å². The molecule has 2 fully saturated rings. The van der Waals surface area contributed by atoms with E-state index in [1.54, 1.807) is 18.2 Å². The van der Waals surface area contributed by atoms with Crippen LogP contribution >= 0.6 is 0 Å². The number of anilines is 1. The van der Waals surface area contributed by atoms with Crippen LogP contribution in [-0.2, 0) is 16.6 Å². The Bertz CT molecular complexity index is 1030. The molecule has 7 heteroatoms. The maximum atomic E-state index is 13.2. The highest BCUT2D eigenvalue weighted by Gasteiger charge is 2.29. The second-order valence-electron chi connectivity index (χ2n) is 8.93. The molecule has 2 heterocycles. The molecule has 0 aliphatic carbocycles. The number of rotatable bonds is 6. The topological polar surface area (TPSA) is 69.7 Å². The van der Waals surface area contributed by atoms with Gasteiger partial charge in [0.2, 0.25) is 10.0 Å². The molecular formula is C25H33N3O3S. The number of likely N-dealkylation sites (tertiary alicyclic amines) is 1. The minimum absolute atomic E-state index is 0.0788. The lowest BCUT2D eigenvalue weighted by atomic mass is 10.0. The van der Waals surface area contributed by atoms with Crippen molar-refractivity contribution in [3.05, 3.63) is 59.7 Å². The van der Waals surface area contributed by atoms with Gasteiger partial charge < -0.3 is 5.32 Å². The molecule has 2 aliphatic rings.